The number of ether oxygens (including phenoxy) is 2. The van der Waals surface area contributed by atoms with Gasteiger partial charge in [-0.15, -0.1) is 0 Å². The highest BCUT2D eigenvalue weighted by Gasteiger charge is 2.38. The van der Waals surface area contributed by atoms with Gasteiger partial charge in [-0.1, -0.05) is 0 Å². The number of hydrogen-bond donors (Lipinski definition) is 1. The number of carbonyl (C=O) groups excluding carboxylic acids is 1. The molecule has 2 fully saturated rings. The number of urea groups is 1. The van der Waals surface area contributed by atoms with Gasteiger partial charge in [-0.05, 0) is 19.8 Å². The molecule has 1 aromatic heterocycles. The molecular formula is C15H22F2N4O3. The molecule has 2 aliphatic heterocycles. The highest BCUT2D eigenvalue weighted by Crippen LogP contribution is 2.23. The molecule has 24 heavy (non-hydrogen) atoms. The number of carbonyl (C=O) groups is 1. The Kier molecular flexibility index (Phi) is 5.17. The SMILES string of the molecule is CCn1cc(O[C@@H]2COC[C@@H]2NC(=O)N2CCC[C@H]2C(F)F)cn1. The van der Waals surface area contributed by atoms with Gasteiger partial charge in [0, 0.05) is 13.1 Å². The van der Waals surface area contributed by atoms with Gasteiger partial charge in [0.2, 0.25) is 0 Å². The summed E-state index contributed by atoms with van der Waals surface area (Å²) in [5, 5.41) is 6.90. The number of halogens is 2. The number of amides is 2. The number of nitrogens with zero attached hydrogens (tertiary/aromatic N) is 3. The minimum Gasteiger partial charge on any atom is -0.482 e. The quantitative estimate of drug-likeness (QED) is 0.879. The molecule has 7 nitrogen and oxygen atoms in total. The van der Waals surface area contributed by atoms with Crippen LogP contribution in [0.3, 0.4) is 0 Å². The van der Waals surface area contributed by atoms with Crippen molar-refractivity contribution in [3.05, 3.63) is 12.4 Å². The molecule has 3 rings (SSSR count). The molecule has 0 spiro atoms. The molecule has 9 heteroatoms. The van der Waals surface area contributed by atoms with Crippen LogP contribution in [0.2, 0.25) is 0 Å². The van der Waals surface area contributed by atoms with Crippen molar-refractivity contribution in [2.45, 2.75) is 50.9 Å². The van der Waals surface area contributed by atoms with E-state index in [9.17, 15) is 13.6 Å². The molecule has 134 valence electrons. The molecule has 3 heterocycles. The highest BCUT2D eigenvalue weighted by atomic mass is 19.3. The van der Waals surface area contributed by atoms with Gasteiger partial charge >= 0.3 is 6.03 Å². The maximum absolute atomic E-state index is 13.0. The molecule has 2 saturated heterocycles. The van der Waals surface area contributed by atoms with E-state index in [-0.39, 0.29) is 12.1 Å². The summed E-state index contributed by atoms with van der Waals surface area (Å²) in [6.07, 6.45) is 1.42. The standard InChI is InChI=1S/C15H22F2N4O3/c1-2-20-7-10(6-18-20)24-13-9-23-8-11(13)19-15(22)21-5-3-4-12(21)14(16)17/h6-7,11-14H,2-5,8-9H2,1H3,(H,19,22)/t11-,12-,13+/m0/s1. The number of aryl methyl sites for hydroxylation is 1. The third-order valence-corrected chi connectivity index (χ3v) is 4.41. The lowest BCUT2D eigenvalue weighted by molar-refractivity contribution is 0.0590. The summed E-state index contributed by atoms with van der Waals surface area (Å²) in [6, 6.07) is -1.86. The van der Waals surface area contributed by atoms with Crippen molar-refractivity contribution < 1.29 is 23.0 Å². The fourth-order valence-electron chi connectivity index (χ4n) is 3.09. The van der Waals surface area contributed by atoms with Crippen molar-refractivity contribution in [3.63, 3.8) is 0 Å². The maximum Gasteiger partial charge on any atom is 0.318 e. The summed E-state index contributed by atoms with van der Waals surface area (Å²) in [7, 11) is 0. The summed E-state index contributed by atoms with van der Waals surface area (Å²) in [6.45, 7) is 3.68. The maximum atomic E-state index is 13.0. The van der Waals surface area contributed by atoms with Gasteiger partial charge in [0.1, 0.15) is 6.10 Å². The first-order valence-electron chi connectivity index (χ1n) is 8.20. The first-order chi connectivity index (χ1) is 11.6. The van der Waals surface area contributed by atoms with E-state index in [4.69, 9.17) is 9.47 Å². The largest absolute Gasteiger partial charge is 0.482 e. The van der Waals surface area contributed by atoms with E-state index in [1.165, 1.54) is 4.90 Å². The lowest BCUT2D eigenvalue weighted by Crippen LogP contribution is -2.52. The van der Waals surface area contributed by atoms with Gasteiger partial charge in [0.25, 0.3) is 6.43 Å². The third kappa shape index (κ3) is 3.61. The van der Waals surface area contributed by atoms with Crippen LogP contribution in [0, 0.1) is 0 Å². The molecule has 0 saturated carbocycles. The van der Waals surface area contributed by atoms with Crippen LogP contribution in [0.5, 0.6) is 5.75 Å². The fraction of sp³-hybridized carbons (Fsp3) is 0.733. The number of hydrogen-bond acceptors (Lipinski definition) is 4. The Labute approximate surface area is 138 Å². The number of alkyl halides is 2. The van der Waals surface area contributed by atoms with Crippen LogP contribution >= 0.6 is 0 Å². The first-order valence-corrected chi connectivity index (χ1v) is 8.20. The summed E-state index contributed by atoms with van der Waals surface area (Å²) in [4.78, 5) is 13.5. The predicted molar refractivity (Wildman–Crippen MR) is 81.2 cm³/mol. The van der Waals surface area contributed by atoms with Crippen molar-refractivity contribution in [1.29, 1.82) is 0 Å². The molecule has 2 amide bonds. The van der Waals surface area contributed by atoms with E-state index in [2.05, 4.69) is 10.4 Å². The Morgan fingerprint density at radius 1 is 1.54 bits per heavy atom. The second-order valence-corrected chi connectivity index (χ2v) is 6.02. The van der Waals surface area contributed by atoms with Gasteiger partial charge in [0.05, 0.1) is 37.7 Å². The molecule has 0 aliphatic carbocycles. The van der Waals surface area contributed by atoms with Crippen LogP contribution in [0.4, 0.5) is 13.6 Å². The van der Waals surface area contributed by atoms with E-state index in [1.54, 1.807) is 17.1 Å². The zero-order valence-corrected chi connectivity index (χ0v) is 13.5. The molecule has 1 aromatic rings. The summed E-state index contributed by atoms with van der Waals surface area (Å²) in [5.74, 6) is 0.596. The second kappa shape index (κ2) is 7.33. The molecule has 0 aromatic carbocycles. The molecule has 3 atom stereocenters. The van der Waals surface area contributed by atoms with Crippen LogP contribution in [-0.4, -0.2) is 65.1 Å². The Morgan fingerprint density at radius 2 is 2.38 bits per heavy atom. The minimum absolute atomic E-state index is 0.297. The van der Waals surface area contributed by atoms with Crippen LogP contribution in [0.15, 0.2) is 12.4 Å². The minimum atomic E-state index is -2.52. The van der Waals surface area contributed by atoms with E-state index >= 15 is 0 Å². The Hall–Kier alpha value is -1.90. The zero-order valence-electron chi connectivity index (χ0n) is 13.5. The van der Waals surface area contributed by atoms with Crippen LogP contribution in [0.1, 0.15) is 19.8 Å². The Bertz CT molecular complexity index is 569. The molecule has 0 bridgehead atoms. The number of rotatable bonds is 5. The molecule has 0 radical (unpaired) electrons. The van der Waals surface area contributed by atoms with Gasteiger partial charge in [-0.3, -0.25) is 4.68 Å². The first kappa shape index (κ1) is 16.9. The average molecular weight is 344 g/mol. The highest BCUT2D eigenvalue weighted by molar-refractivity contribution is 5.75. The third-order valence-electron chi connectivity index (χ3n) is 4.41. The van der Waals surface area contributed by atoms with Crippen molar-refractivity contribution in [1.82, 2.24) is 20.0 Å². The van der Waals surface area contributed by atoms with Gasteiger partial charge in [0.15, 0.2) is 5.75 Å². The van der Waals surface area contributed by atoms with Crippen molar-refractivity contribution >= 4 is 6.03 Å². The van der Waals surface area contributed by atoms with Crippen LogP contribution < -0.4 is 10.1 Å². The molecule has 2 aliphatic rings. The predicted octanol–water partition coefficient (Wildman–Crippen LogP) is 1.49. The normalized spacial score (nSPS) is 27.0. The molecular weight excluding hydrogens is 322 g/mol. The van der Waals surface area contributed by atoms with E-state index in [0.29, 0.717) is 38.3 Å². The van der Waals surface area contributed by atoms with E-state index in [1.807, 2.05) is 6.92 Å². The number of nitrogens with one attached hydrogen (secondary N) is 1. The monoisotopic (exact) mass is 344 g/mol. The lowest BCUT2D eigenvalue weighted by atomic mass is 10.2. The zero-order chi connectivity index (χ0) is 17.1. The Morgan fingerprint density at radius 3 is 3.08 bits per heavy atom. The topological polar surface area (TPSA) is 68.6 Å². The molecule has 1 N–H and O–H groups in total. The number of likely N-dealkylation sites (tertiary alicyclic amines) is 1. The summed E-state index contributed by atoms with van der Waals surface area (Å²) >= 11 is 0. The van der Waals surface area contributed by atoms with Crippen molar-refractivity contribution in [3.8, 4) is 5.75 Å². The second-order valence-electron chi connectivity index (χ2n) is 6.02. The average Bonchev–Trinajstić information content (AvgIpc) is 3.28. The summed E-state index contributed by atoms with van der Waals surface area (Å²) < 4.78 is 38.9. The van der Waals surface area contributed by atoms with Gasteiger partial charge in [-0.25, -0.2) is 13.6 Å². The van der Waals surface area contributed by atoms with Crippen molar-refractivity contribution in [2.24, 2.45) is 0 Å². The van der Waals surface area contributed by atoms with Gasteiger partial charge < -0.3 is 19.7 Å². The number of aromatic nitrogens is 2. The van der Waals surface area contributed by atoms with Gasteiger partial charge in [-0.2, -0.15) is 5.10 Å². The lowest BCUT2D eigenvalue weighted by Gasteiger charge is -2.27. The Balaban J connectivity index is 1.58. The van der Waals surface area contributed by atoms with Crippen LogP contribution in [0.25, 0.3) is 0 Å². The molecule has 0 unspecified atom stereocenters. The summed E-state index contributed by atoms with van der Waals surface area (Å²) in [5.41, 5.74) is 0. The smallest absolute Gasteiger partial charge is 0.318 e. The van der Waals surface area contributed by atoms with E-state index in [0.717, 1.165) is 6.54 Å². The van der Waals surface area contributed by atoms with E-state index < -0.39 is 18.5 Å². The van der Waals surface area contributed by atoms with Crippen LogP contribution in [-0.2, 0) is 11.3 Å². The fourth-order valence-corrected chi connectivity index (χ4v) is 3.09. The van der Waals surface area contributed by atoms with Crippen molar-refractivity contribution in [2.75, 3.05) is 19.8 Å².